The molecule has 2 aromatic rings. The third-order valence-electron chi connectivity index (χ3n) is 3.37. The van der Waals surface area contributed by atoms with Crippen molar-refractivity contribution >= 4 is 28.3 Å². The van der Waals surface area contributed by atoms with Crippen LogP contribution in [-0.2, 0) is 16.0 Å². The summed E-state index contributed by atoms with van der Waals surface area (Å²) in [5.41, 5.74) is 0.997. The van der Waals surface area contributed by atoms with Gasteiger partial charge in [0.25, 0.3) is 5.91 Å². The number of rotatable bonds is 10. The fourth-order valence-electron chi connectivity index (χ4n) is 2.22. The molecule has 0 aliphatic rings. The molecule has 0 aliphatic carbocycles. The highest BCUT2D eigenvalue weighted by Gasteiger charge is 2.14. The zero-order chi connectivity index (χ0) is 19.6. The predicted molar refractivity (Wildman–Crippen MR) is 104 cm³/mol. The molecule has 0 bridgehead atoms. The topological polar surface area (TPSA) is 86.8 Å². The number of anilines is 1. The summed E-state index contributed by atoms with van der Waals surface area (Å²) in [6, 6.07) is 5.05. The second-order valence-electron chi connectivity index (χ2n) is 5.52. The van der Waals surface area contributed by atoms with Crippen LogP contribution in [0, 0.1) is 0 Å². The van der Waals surface area contributed by atoms with Crippen molar-refractivity contribution in [3.8, 4) is 11.5 Å². The van der Waals surface area contributed by atoms with E-state index < -0.39 is 0 Å². The van der Waals surface area contributed by atoms with Crippen molar-refractivity contribution in [1.82, 2.24) is 4.98 Å². The van der Waals surface area contributed by atoms with Crippen LogP contribution >= 0.6 is 11.3 Å². The van der Waals surface area contributed by atoms with E-state index in [1.54, 1.807) is 30.5 Å². The smallest absolute Gasteiger partial charge is 0.311 e. The number of aromatic nitrogens is 1. The van der Waals surface area contributed by atoms with E-state index in [9.17, 15) is 9.59 Å². The molecule has 8 heteroatoms. The maximum absolute atomic E-state index is 12.5. The average Bonchev–Trinajstić information content (AvgIpc) is 3.07. The molecular formula is C19H24N2O5S. The van der Waals surface area contributed by atoms with Gasteiger partial charge in [0, 0.05) is 10.9 Å². The van der Waals surface area contributed by atoms with Crippen molar-refractivity contribution in [2.45, 2.75) is 33.6 Å². The number of carbonyl (C=O) groups excluding carboxylic acids is 2. The zero-order valence-electron chi connectivity index (χ0n) is 15.7. The number of hydrogen-bond acceptors (Lipinski definition) is 7. The molecule has 0 fully saturated rings. The minimum Gasteiger partial charge on any atom is -0.490 e. The molecule has 27 heavy (non-hydrogen) atoms. The molecule has 0 aliphatic heterocycles. The van der Waals surface area contributed by atoms with E-state index in [2.05, 4.69) is 10.3 Å². The molecule has 0 saturated heterocycles. The lowest BCUT2D eigenvalue weighted by molar-refractivity contribution is -0.142. The lowest BCUT2D eigenvalue weighted by atomic mass is 10.2. The molecule has 0 atom stereocenters. The first kappa shape index (κ1) is 20.7. The number of thiazole rings is 1. The molecule has 0 radical (unpaired) electrons. The van der Waals surface area contributed by atoms with Gasteiger partial charge in [0.15, 0.2) is 16.6 Å². The Balaban J connectivity index is 2.05. The summed E-state index contributed by atoms with van der Waals surface area (Å²) in [7, 11) is 0. The lowest BCUT2D eigenvalue weighted by Gasteiger charge is -2.12. The van der Waals surface area contributed by atoms with E-state index in [0.29, 0.717) is 47.7 Å². The summed E-state index contributed by atoms with van der Waals surface area (Å²) in [5, 5.41) is 4.88. The molecule has 1 heterocycles. The zero-order valence-corrected chi connectivity index (χ0v) is 16.6. The van der Waals surface area contributed by atoms with Crippen LogP contribution < -0.4 is 14.8 Å². The minimum absolute atomic E-state index is 0.0815. The number of carbonyl (C=O) groups is 2. The number of nitrogens with zero attached hydrogens (tertiary/aromatic N) is 1. The Labute approximate surface area is 162 Å². The van der Waals surface area contributed by atoms with Crippen molar-refractivity contribution in [2.24, 2.45) is 0 Å². The van der Waals surface area contributed by atoms with Crippen molar-refractivity contribution < 1.29 is 23.8 Å². The molecular weight excluding hydrogens is 368 g/mol. The van der Waals surface area contributed by atoms with Gasteiger partial charge in [0.2, 0.25) is 0 Å². The third kappa shape index (κ3) is 6.25. The Morgan fingerprint density at radius 3 is 2.63 bits per heavy atom. The molecule has 1 aromatic heterocycles. The van der Waals surface area contributed by atoms with E-state index >= 15 is 0 Å². The Morgan fingerprint density at radius 2 is 1.93 bits per heavy atom. The predicted octanol–water partition coefficient (Wildman–Crippen LogP) is 3.69. The number of nitrogens with one attached hydrogen (secondary N) is 1. The van der Waals surface area contributed by atoms with E-state index in [-0.39, 0.29) is 18.3 Å². The summed E-state index contributed by atoms with van der Waals surface area (Å²) in [5.74, 6) is 0.488. The fourth-order valence-corrected chi connectivity index (χ4v) is 2.93. The van der Waals surface area contributed by atoms with Crippen molar-refractivity contribution in [2.75, 3.05) is 25.1 Å². The molecule has 1 N–H and O–H groups in total. The number of benzene rings is 1. The second kappa shape index (κ2) is 10.5. The van der Waals surface area contributed by atoms with Gasteiger partial charge in [-0.05, 0) is 38.5 Å². The summed E-state index contributed by atoms with van der Waals surface area (Å²) in [6.45, 7) is 7.01. The first-order chi connectivity index (χ1) is 13.1. The Bertz CT molecular complexity index is 775. The van der Waals surface area contributed by atoms with Gasteiger partial charge in [0.05, 0.1) is 31.9 Å². The van der Waals surface area contributed by atoms with Crippen LogP contribution in [0.1, 0.15) is 43.2 Å². The Hall–Kier alpha value is -2.61. The first-order valence-electron chi connectivity index (χ1n) is 8.88. The average molecular weight is 392 g/mol. The maximum Gasteiger partial charge on any atom is 0.311 e. The number of esters is 1. The lowest BCUT2D eigenvalue weighted by Crippen LogP contribution is -2.13. The van der Waals surface area contributed by atoms with E-state index in [1.807, 2.05) is 13.8 Å². The van der Waals surface area contributed by atoms with E-state index in [0.717, 1.165) is 6.42 Å². The van der Waals surface area contributed by atoms with Crippen LogP contribution in [0.15, 0.2) is 23.6 Å². The quantitative estimate of drug-likeness (QED) is 0.621. The summed E-state index contributed by atoms with van der Waals surface area (Å²) in [6.07, 6.45) is 0.962. The molecule has 0 unspecified atom stereocenters. The van der Waals surface area contributed by atoms with Crippen LogP contribution in [0.4, 0.5) is 5.13 Å². The Kier molecular flexibility index (Phi) is 8.06. The molecule has 7 nitrogen and oxygen atoms in total. The van der Waals surface area contributed by atoms with Gasteiger partial charge in [-0.2, -0.15) is 0 Å². The number of hydrogen-bond donors (Lipinski definition) is 1. The largest absolute Gasteiger partial charge is 0.490 e. The van der Waals surface area contributed by atoms with Gasteiger partial charge >= 0.3 is 5.97 Å². The molecule has 146 valence electrons. The van der Waals surface area contributed by atoms with Crippen molar-refractivity contribution in [3.05, 3.63) is 34.8 Å². The van der Waals surface area contributed by atoms with Crippen LogP contribution in [0.5, 0.6) is 11.5 Å². The third-order valence-corrected chi connectivity index (χ3v) is 4.18. The van der Waals surface area contributed by atoms with Gasteiger partial charge in [0.1, 0.15) is 0 Å². The molecule has 0 saturated carbocycles. The second-order valence-corrected chi connectivity index (χ2v) is 6.38. The van der Waals surface area contributed by atoms with Gasteiger partial charge in [-0.3, -0.25) is 14.9 Å². The van der Waals surface area contributed by atoms with E-state index in [1.165, 1.54) is 11.3 Å². The van der Waals surface area contributed by atoms with Gasteiger partial charge in [-0.25, -0.2) is 4.98 Å². The summed E-state index contributed by atoms with van der Waals surface area (Å²) < 4.78 is 16.1. The highest BCUT2D eigenvalue weighted by molar-refractivity contribution is 7.14. The maximum atomic E-state index is 12.5. The van der Waals surface area contributed by atoms with Gasteiger partial charge < -0.3 is 14.2 Å². The first-order valence-corrected chi connectivity index (χ1v) is 9.76. The molecule has 2 rings (SSSR count). The van der Waals surface area contributed by atoms with Crippen LogP contribution in [-0.4, -0.2) is 36.7 Å². The highest BCUT2D eigenvalue weighted by Crippen LogP contribution is 2.29. The normalized spacial score (nSPS) is 10.3. The van der Waals surface area contributed by atoms with Crippen molar-refractivity contribution in [3.63, 3.8) is 0 Å². The minimum atomic E-state index is -0.343. The molecule has 1 aromatic carbocycles. The van der Waals surface area contributed by atoms with Crippen LogP contribution in [0.25, 0.3) is 0 Å². The SMILES string of the molecule is CCCOc1ccc(C(=O)Nc2nc(CC(=O)OCC)cs2)cc1OCC. The standard InChI is InChI=1S/C19H24N2O5S/c1-4-9-26-15-8-7-13(10-16(15)24-5-2)18(23)21-19-20-14(12-27-19)11-17(22)25-6-3/h7-8,10,12H,4-6,9,11H2,1-3H3,(H,20,21,23). The number of amides is 1. The molecule has 1 amide bonds. The Morgan fingerprint density at radius 1 is 1.11 bits per heavy atom. The van der Waals surface area contributed by atoms with Gasteiger partial charge in [-0.15, -0.1) is 11.3 Å². The van der Waals surface area contributed by atoms with E-state index in [4.69, 9.17) is 14.2 Å². The number of ether oxygens (including phenoxy) is 3. The monoisotopic (exact) mass is 392 g/mol. The summed E-state index contributed by atoms with van der Waals surface area (Å²) in [4.78, 5) is 28.2. The molecule has 0 spiro atoms. The van der Waals surface area contributed by atoms with Crippen molar-refractivity contribution in [1.29, 1.82) is 0 Å². The fraction of sp³-hybridized carbons (Fsp3) is 0.421. The van der Waals surface area contributed by atoms with Gasteiger partial charge in [-0.1, -0.05) is 6.92 Å². The highest BCUT2D eigenvalue weighted by atomic mass is 32.1. The van der Waals surface area contributed by atoms with Crippen LogP contribution in [0.2, 0.25) is 0 Å². The summed E-state index contributed by atoms with van der Waals surface area (Å²) >= 11 is 1.25. The van der Waals surface area contributed by atoms with Crippen LogP contribution in [0.3, 0.4) is 0 Å².